The number of hydrogen-bond donors (Lipinski definition) is 3. The first-order valence-electron chi connectivity index (χ1n) is 12.1. The van der Waals surface area contributed by atoms with E-state index >= 15 is 0 Å². The Morgan fingerprint density at radius 1 is 1.09 bits per heavy atom. The van der Waals surface area contributed by atoms with Crippen molar-refractivity contribution in [1.82, 2.24) is 15.6 Å². The number of benzene rings is 1. The van der Waals surface area contributed by atoms with Crippen molar-refractivity contribution < 1.29 is 4.79 Å². The lowest BCUT2D eigenvalue weighted by Crippen LogP contribution is -2.66. The SMILES string of the molecule is CNc1c(C(=O)NC2CC2c2ccc(N3CC(C)(C)NC(C)(C)C3)cc2)sc2nc(C)ccc12. The molecule has 1 aliphatic heterocycles. The minimum absolute atomic E-state index is 0.0144. The largest absolute Gasteiger partial charge is 0.386 e. The Labute approximate surface area is 206 Å². The van der Waals surface area contributed by atoms with E-state index in [1.54, 1.807) is 0 Å². The summed E-state index contributed by atoms with van der Waals surface area (Å²) in [6.45, 7) is 13.0. The lowest BCUT2D eigenvalue weighted by molar-refractivity contribution is 0.0955. The van der Waals surface area contributed by atoms with E-state index in [1.807, 2.05) is 26.1 Å². The number of hydrogen-bond acceptors (Lipinski definition) is 6. The number of anilines is 2. The van der Waals surface area contributed by atoms with Crippen molar-refractivity contribution in [2.45, 2.75) is 64.1 Å². The molecule has 2 aliphatic rings. The monoisotopic (exact) mass is 477 g/mol. The number of piperazine rings is 1. The molecule has 2 aromatic heterocycles. The van der Waals surface area contributed by atoms with Gasteiger partial charge in [0, 0.05) is 59.9 Å². The molecule has 2 fully saturated rings. The Morgan fingerprint density at radius 2 is 1.76 bits per heavy atom. The summed E-state index contributed by atoms with van der Waals surface area (Å²) in [7, 11) is 1.86. The van der Waals surface area contributed by atoms with Crippen LogP contribution in [0.15, 0.2) is 36.4 Å². The standard InChI is InChI=1S/C27H35N5OS/c1-16-7-12-19-22(28-6)23(34-25(19)29-16)24(33)30-21-13-20(21)17-8-10-18(11-9-17)32-14-26(2,3)31-27(4,5)15-32/h7-12,20-21,28,31H,13-15H2,1-6H3,(H,30,33). The number of aromatic nitrogens is 1. The second-order valence-corrected chi connectivity index (χ2v) is 12.1. The van der Waals surface area contributed by atoms with Crippen LogP contribution in [-0.4, -0.2) is 48.1 Å². The maximum Gasteiger partial charge on any atom is 0.263 e. The number of carbonyl (C=O) groups excluding carboxylic acids is 1. The highest BCUT2D eigenvalue weighted by Crippen LogP contribution is 2.42. The predicted octanol–water partition coefficient (Wildman–Crippen LogP) is 4.90. The van der Waals surface area contributed by atoms with Gasteiger partial charge in [-0.3, -0.25) is 4.79 Å². The van der Waals surface area contributed by atoms with Crippen LogP contribution in [0.3, 0.4) is 0 Å². The maximum atomic E-state index is 13.1. The Kier molecular flexibility index (Phi) is 5.60. The van der Waals surface area contributed by atoms with Gasteiger partial charge in [0.1, 0.15) is 9.71 Å². The molecule has 1 aromatic carbocycles. The number of pyridine rings is 1. The van der Waals surface area contributed by atoms with E-state index in [9.17, 15) is 4.79 Å². The van der Waals surface area contributed by atoms with Gasteiger partial charge in [0.05, 0.1) is 5.69 Å². The van der Waals surface area contributed by atoms with E-state index in [1.165, 1.54) is 22.6 Å². The fraction of sp³-hybridized carbons (Fsp3) is 0.481. The third kappa shape index (κ3) is 4.51. The normalized spacial score (nSPS) is 23.1. The molecule has 34 heavy (non-hydrogen) atoms. The van der Waals surface area contributed by atoms with E-state index in [4.69, 9.17) is 0 Å². The zero-order valence-corrected chi connectivity index (χ0v) is 21.8. The number of thiophene rings is 1. The molecule has 2 unspecified atom stereocenters. The molecule has 0 radical (unpaired) electrons. The van der Waals surface area contributed by atoms with E-state index in [0.717, 1.165) is 41.1 Å². The van der Waals surface area contributed by atoms with E-state index in [-0.39, 0.29) is 23.0 Å². The lowest BCUT2D eigenvalue weighted by atomic mass is 9.91. The molecular formula is C27H35N5OS. The Hall–Kier alpha value is -2.64. The molecule has 0 bridgehead atoms. The Balaban J connectivity index is 1.26. The molecule has 180 valence electrons. The van der Waals surface area contributed by atoms with Gasteiger partial charge in [-0.2, -0.15) is 0 Å². The van der Waals surface area contributed by atoms with E-state index in [0.29, 0.717) is 10.8 Å². The number of nitrogens with one attached hydrogen (secondary N) is 3. The second-order valence-electron chi connectivity index (χ2n) is 11.1. The highest BCUT2D eigenvalue weighted by molar-refractivity contribution is 7.21. The van der Waals surface area contributed by atoms with Gasteiger partial charge in [0.15, 0.2) is 0 Å². The van der Waals surface area contributed by atoms with Crippen LogP contribution >= 0.6 is 11.3 Å². The summed E-state index contributed by atoms with van der Waals surface area (Å²) in [5.74, 6) is 0.362. The topological polar surface area (TPSA) is 69.3 Å². The van der Waals surface area contributed by atoms with Crippen LogP contribution in [0.2, 0.25) is 0 Å². The first-order valence-corrected chi connectivity index (χ1v) is 12.9. The summed E-state index contributed by atoms with van der Waals surface area (Å²) >= 11 is 1.46. The molecule has 2 atom stereocenters. The fourth-order valence-corrected chi connectivity index (χ4v) is 6.68. The number of carbonyl (C=O) groups is 1. The summed E-state index contributed by atoms with van der Waals surface area (Å²) in [4.78, 5) is 21.8. The molecular weight excluding hydrogens is 442 g/mol. The van der Waals surface area contributed by atoms with Crippen LogP contribution in [-0.2, 0) is 0 Å². The molecule has 7 heteroatoms. The third-order valence-corrected chi connectivity index (χ3v) is 7.89. The van der Waals surface area contributed by atoms with Gasteiger partial charge in [-0.1, -0.05) is 12.1 Å². The molecule has 3 N–H and O–H groups in total. The summed E-state index contributed by atoms with van der Waals surface area (Å²) in [5, 5.41) is 11.2. The summed E-state index contributed by atoms with van der Waals surface area (Å²) < 4.78 is 0. The van der Waals surface area contributed by atoms with Crippen LogP contribution in [0.1, 0.15) is 61.0 Å². The number of fused-ring (bicyclic) bond motifs is 1. The molecule has 5 rings (SSSR count). The minimum atomic E-state index is -0.0144. The molecule has 1 saturated heterocycles. The van der Waals surface area contributed by atoms with Crippen molar-refractivity contribution in [1.29, 1.82) is 0 Å². The summed E-state index contributed by atoms with van der Waals surface area (Å²) in [6, 6.07) is 13.2. The van der Waals surface area contributed by atoms with Crippen LogP contribution < -0.4 is 20.9 Å². The van der Waals surface area contributed by atoms with Crippen molar-refractivity contribution in [3.05, 3.63) is 52.5 Å². The molecule has 3 aromatic rings. The number of aryl methyl sites for hydroxylation is 1. The zero-order valence-electron chi connectivity index (χ0n) is 21.0. The zero-order chi connectivity index (χ0) is 24.3. The van der Waals surface area contributed by atoms with E-state index in [2.05, 4.69) is 77.8 Å². The van der Waals surface area contributed by atoms with Gasteiger partial charge < -0.3 is 20.9 Å². The Bertz CT molecular complexity index is 1210. The number of nitrogens with zero attached hydrogens (tertiary/aromatic N) is 2. The quantitative estimate of drug-likeness (QED) is 0.488. The third-order valence-electron chi connectivity index (χ3n) is 6.79. The highest BCUT2D eigenvalue weighted by atomic mass is 32.1. The van der Waals surface area contributed by atoms with Gasteiger partial charge in [-0.25, -0.2) is 4.98 Å². The molecule has 1 saturated carbocycles. The molecule has 0 spiro atoms. The molecule has 1 amide bonds. The van der Waals surface area contributed by atoms with E-state index < -0.39 is 0 Å². The van der Waals surface area contributed by atoms with Crippen LogP contribution in [0.25, 0.3) is 10.2 Å². The van der Waals surface area contributed by atoms with Gasteiger partial charge in [0.2, 0.25) is 0 Å². The molecule has 6 nitrogen and oxygen atoms in total. The number of rotatable bonds is 5. The molecule has 1 aliphatic carbocycles. The highest BCUT2D eigenvalue weighted by Gasteiger charge is 2.41. The predicted molar refractivity (Wildman–Crippen MR) is 142 cm³/mol. The average molecular weight is 478 g/mol. The van der Waals surface area contributed by atoms with Crippen LogP contribution in [0.4, 0.5) is 11.4 Å². The van der Waals surface area contributed by atoms with Crippen molar-refractivity contribution in [2.24, 2.45) is 0 Å². The Morgan fingerprint density at radius 3 is 2.41 bits per heavy atom. The first-order chi connectivity index (χ1) is 16.0. The second kappa shape index (κ2) is 8.24. The maximum absolute atomic E-state index is 13.1. The van der Waals surface area contributed by atoms with Crippen molar-refractivity contribution >= 4 is 38.8 Å². The first kappa shape index (κ1) is 23.1. The fourth-order valence-electron chi connectivity index (χ4n) is 5.56. The van der Waals surface area contributed by atoms with Gasteiger partial charge >= 0.3 is 0 Å². The number of amides is 1. The van der Waals surface area contributed by atoms with Crippen molar-refractivity contribution in [3.63, 3.8) is 0 Å². The van der Waals surface area contributed by atoms with Gasteiger partial charge in [0.25, 0.3) is 5.91 Å². The smallest absolute Gasteiger partial charge is 0.263 e. The summed E-state index contributed by atoms with van der Waals surface area (Å²) in [6.07, 6.45) is 0.982. The lowest BCUT2D eigenvalue weighted by Gasteiger charge is -2.49. The minimum Gasteiger partial charge on any atom is -0.386 e. The van der Waals surface area contributed by atoms with Crippen LogP contribution in [0, 0.1) is 6.92 Å². The van der Waals surface area contributed by atoms with Gasteiger partial charge in [-0.15, -0.1) is 11.3 Å². The van der Waals surface area contributed by atoms with Gasteiger partial charge in [-0.05, 0) is 70.9 Å². The van der Waals surface area contributed by atoms with Crippen LogP contribution in [0.5, 0.6) is 0 Å². The van der Waals surface area contributed by atoms with Crippen molar-refractivity contribution in [2.75, 3.05) is 30.4 Å². The summed E-state index contributed by atoms with van der Waals surface area (Å²) in [5.41, 5.74) is 4.53. The van der Waals surface area contributed by atoms with Crippen molar-refractivity contribution in [3.8, 4) is 0 Å². The molecule has 3 heterocycles. The average Bonchev–Trinajstić information content (AvgIpc) is 3.41.